The number of halogens is 2. The fraction of sp³-hybridized carbons (Fsp3) is 0.611. The average Bonchev–Trinajstić information content (AvgIpc) is 2.57. The number of aliphatic hydroxyl groups is 3. The van der Waals surface area contributed by atoms with Crippen LogP contribution in [0.5, 0.6) is 0 Å². The largest absolute Gasteiger partial charge is 0.391 e. The lowest BCUT2D eigenvalue weighted by atomic mass is 9.77. The third-order valence-electron chi connectivity index (χ3n) is 5.02. The van der Waals surface area contributed by atoms with Crippen LogP contribution in [0.15, 0.2) is 30.3 Å². The molecule has 1 saturated carbocycles. The van der Waals surface area contributed by atoms with Gasteiger partial charge in [0.1, 0.15) is 0 Å². The first kappa shape index (κ1) is 20.5. The van der Waals surface area contributed by atoms with E-state index in [1.165, 1.54) is 0 Å². The summed E-state index contributed by atoms with van der Waals surface area (Å²) in [6.07, 6.45) is -4.10. The van der Waals surface area contributed by atoms with Crippen molar-refractivity contribution in [3.8, 4) is 0 Å². The first-order valence-corrected chi connectivity index (χ1v) is 8.67. The number of alkyl halides is 2. The van der Waals surface area contributed by atoms with Crippen LogP contribution >= 0.6 is 0 Å². The second-order valence-corrected chi connectivity index (χ2v) is 7.08. The predicted molar refractivity (Wildman–Crippen MR) is 91.6 cm³/mol. The highest BCUT2D eigenvalue weighted by molar-refractivity contribution is 5.72. The van der Waals surface area contributed by atoms with Crippen molar-refractivity contribution in [3.05, 3.63) is 35.9 Å². The van der Waals surface area contributed by atoms with E-state index in [1.54, 1.807) is 0 Å². The Morgan fingerprint density at radius 2 is 1.73 bits per heavy atom. The molecule has 8 heteroatoms. The number of carbonyl (C=O) groups is 1. The Hall–Kier alpha value is -1.77. The van der Waals surface area contributed by atoms with Gasteiger partial charge in [-0.1, -0.05) is 30.3 Å². The smallest absolute Gasteiger partial charge is 0.312 e. The van der Waals surface area contributed by atoms with Gasteiger partial charge in [0.15, 0.2) is 0 Å². The standard InChI is InChI=1S/C18H26F2N2O4/c19-18(20)8-6-17(26,7-9-18)15(24)11-14(23)13(22-16(21)25)10-12-4-2-1-3-5-12/h1-5,13-15,23-24,26H,6-11H2,(H3,21,22,25). The Labute approximate surface area is 151 Å². The lowest BCUT2D eigenvalue weighted by Crippen LogP contribution is -2.52. The van der Waals surface area contributed by atoms with Crippen LogP contribution in [-0.4, -0.2) is 51.1 Å². The summed E-state index contributed by atoms with van der Waals surface area (Å²) in [6, 6.07) is 7.47. The van der Waals surface area contributed by atoms with Crippen LogP contribution in [-0.2, 0) is 6.42 Å². The summed E-state index contributed by atoms with van der Waals surface area (Å²) in [5.41, 5.74) is 4.33. The van der Waals surface area contributed by atoms with Crippen molar-refractivity contribution in [2.24, 2.45) is 5.73 Å². The van der Waals surface area contributed by atoms with Crippen molar-refractivity contribution in [3.63, 3.8) is 0 Å². The molecule has 0 radical (unpaired) electrons. The second kappa shape index (κ2) is 8.28. The maximum Gasteiger partial charge on any atom is 0.312 e. The first-order chi connectivity index (χ1) is 12.1. The number of nitrogens with one attached hydrogen (secondary N) is 1. The van der Waals surface area contributed by atoms with Gasteiger partial charge in [-0.25, -0.2) is 13.6 Å². The van der Waals surface area contributed by atoms with Crippen molar-refractivity contribution in [2.45, 2.75) is 68.3 Å². The lowest BCUT2D eigenvalue weighted by Gasteiger charge is -2.40. The van der Waals surface area contributed by atoms with Crippen molar-refractivity contribution >= 4 is 6.03 Å². The number of benzene rings is 1. The topological polar surface area (TPSA) is 116 Å². The van der Waals surface area contributed by atoms with E-state index in [1.807, 2.05) is 30.3 Å². The van der Waals surface area contributed by atoms with Gasteiger partial charge >= 0.3 is 6.03 Å². The van der Waals surface area contributed by atoms with Crippen LogP contribution in [0.3, 0.4) is 0 Å². The maximum absolute atomic E-state index is 13.3. The highest BCUT2D eigenvalue weighted by Gasteiger charge is 2.46. The zero-order valence-corrected chi connectivity index (χ0v) is 14.4. The fourth-order valence-corrected chi connectivity index (χ4v) is 3.33. The summed E-state index contributed by atoms with van der Waals surface area (Å²) < 4.78 is 26.6. The number of primary amides is 1. The van der Waals surface area contributed by atoms with Crippen molar-refractivity contribution in [1.82, 2.24) is 5.32 Å². The number of nitrogens with two attached hydrogens (primary N) is 1. The molecule has 0 spiro atoms. The van der Waals surface area contributed by atoms with Gasteiger partial charge in [-0.15, -0.1) is 0 Å². The molecule has 0 bridgehead atoms. The number of hydrogen-bond donors (Lipinski definition) is 5. The van der Waals surface area contributed by atoms with Crippen LogP contribution in [0, 0.1) is 0 Å². The highest BCUT2D eigenvalue weighted by atomic mass is 19.3. The van der Waals surface area contributed by atoms with Crippen LogP contribution in [0.2, 0.25) is 0 Å². The molecule has 1 fully saturated rings. The molecular weight excluding hydrogens is 346 g/mol. The Morgan fingerprint density at radius 3 is 2.27 bits per heavy atom. The first-order valence-electron chi connectivity index (χ1n) is 8.67. The van der Waals surface area contributed by atoms with Gasteiger partial charge in [0, 0.05) is 19.3 Å². The van der Waals surface area contributed by atoms with Gasteiger partial charge in [-0.3, -0.25) is 0 Å². The molecule has 3 atom stereocenters. The summed E-state index contributed by atoms with van der Waals surface area (Å²) in [4.78, 5) is 11.2. The molecule has 2 rings (SSSR count). The Morgan fingerprint density at radius 1 is 1.15 bits per heavy atom. The Bertz CT molecular complexity index is 590. The molecule has 0 heterocycles. The van der Waals surface area contributed by atoms with Gasteiger partial charge in [0.25, 0.3) is 0 Å². The summed E-state index contributed by atoms with van der Waals surface area (Å²) >= 11 is 0. The van der Waals surface area contributed by atoms with Gasteiger partial charge < -0.3 is 26.4 Å². The molecular formula is C18H26F2N2O4. The van der Waals surface area contributed by atoms with E-state index >= 15 is 0 Å². The molecule has 26 heavy (non-hydrogen) atoms. The minimum Gasteiger partial charge on any atom is -0.391 e. The van der Waals surface area contributed by atoms with E-state index in [4.69, 9.17) is 5.73 Å². The van der Waals surface area contributed by atoms with E-state index in [9.17, 15) is 28.9 Å². The van der Waals surface area contributed by atoms with E-state index in [2.05, 4.69) is 5.32 Å². The monoisotopic (exact) mass is 372 g/mol. The molecule has 1 aromatic rings. The van der Waals surface area contributed by atoms with E-state index in [0.717, 1.165) is 5.56 Å². The molecule has 1 aliphatic carbocycles. The third kappa shape index (κ3) is 5.62. The summed E-state index contributed by atoms with van der Waals surface area (Å²) in [5.74, 6) is -2.84. The molecule has 0 saturated heterocycles. The predicted octanol–water partition coefficient (Wildman–Crippen LogP) is 1.32. The van der Waals surface area contributed by atoms with Crippen molar-refractivity contribution in [2.75, 3.05) is 0 Å². The number of carbonyl (C=O) groups excluding carboxylic acids is 1. The van der Waals surface area contributed by atoms with Crippen LogP contribution in [0.25, 0.3) is 0 Å². The van der Waals surface area contributed by atoms with Crippen molar-refractivity contribution < 1.29 is 28.9 Å². The molecule has 0 aliphatic heterocycles. The fourth-order valence-electron chi connectivity index (χ4n) is 3.33. The van der Waals surface area contributed by atoms with Crippen LogP contribution < -0.4 is 11.1 Å². The van der Waals surface area contributed by atoms with E-state index in [0.29, 0.717) is 0 Å². The zero-order chi connectivity index (χ0) is 19.4. The molecule has 1 aliphatic rings. The highest BCUT2D eigenvalue weighted by Crippen LogP contribution is 2.40. The number of amides is 2. The Balaban J connectivity index is 2.01. The number of hydrogen-bond acceptors (Lipinski definition) is 4. The molecule has 3 unspecified atom stereocenters. The molecule has 6 N–H and O–H groups in total. The minimum atomic E-state index is -2.84. The number of aliphatic hydroxyl groups excluding tert-OH is 2. The van der Waals surface area contributed by atoms with Gasteiger partial charge in [0.2, 0.25) is 5.92 Å². The molecule has 2 amide bonds. The second-order valence-electron chi connectivity index (χ2n) is 7.08. The minimum absolute atomic E-state index is 0.250. The summed E-state index contributed by atoms with van der Waals surface area (Å²) in [6.45, 7) is 0. The van der Waals surface area contributed by atoms with E-state index < -0.39 is 48.6 Å². The van der Waals surface area contributed by atoms with Gasteiger partial charge in [-0.2, -0.15) is 0 Å². The Kier molecular flexibility index (Phi) is 6.54. The summed E-state index contributed by atoms with van der Waals surface area (Å²) in [5, 5.41) is 33.7. The number of urea groups is 1. The molecule has 0 aromatic heterocycles. The molecule has 1 aromatic carbocycles. The quantitative estimate of drug-likeness (QED) is 0.496. The van der Waals surface area contributed by atoms with E-state index in [-0.39, 0.29) is 25.7 Å². The maximum atomic E-state index is 13.3. The lowest BCUT2D eigenvalue weighted by molar-refractivity contribution is -0.156. The SMILES string of the molecule is NC(=O)NC(Cc1ccccc1)C(O)CC(O)C1(O)CCC(F)(F)CC1. The van der Waals surface area contributed by atoms with Crippen molar-refractivity contribution in [1.29, 1.82) is 0 Å². The summed E-state index contributed by atoms with van der Waals surface area (Å²) in [7, 11) is 0. The van der Waals surface area contributed by atoms with Crippen LogP contribution in [0.4, 0.5) is 13.6 Å². The molecule has 146 valence electrons. The van der Waals surface area contributed by atoms with Gasteiger partial charge in [-0.05, 0) is 24.8 Å². The molecule has 6 nitrogen and oxygen atoms in total. The third-order valence-corrected chi connectivity index (χ3v) is 5.02. The average molecular weight is 372 g/mol. The van der Waals surface area contributed by atoms with Gasteiger partial charge in [0.05, 0.1) is 23.9 Å². The van der Waals surface area contributed by atoms with Crippen LogP contribution in [0.1, 0.15) is 37.7 Å². The zero-order valence-electron chi connectivity index (χ0n) is 14.4. The number of rotatable bonds is 7. The normalized spacial score (nSPS) is 22.2.